The topological polar surface area (TPSA) is 149 Å². The van der Waals surface area contributed by atoms with Gasteiger partial charge in [-0.15, -0.1) is 0 Å². The molecule has 6 N–H and O–H groups in total. The minimum absolute atomic E-state index is 0.181. The lowest BCUT2D eigenvalue weighted by molar-refractivity contribution is -0.302. The highest BCUT2D eigenvalue weighted by Crippen LogP contribution is 2.23. The molecule has 1 heterocycles. The number of carbonyl (C=O) groups is 1. The number of allylic oxidation sites excluding steroid dienone is 7. The molecule has 7 unspecified atom stereocenters. The molecule has 1 saturated heterocycles. The van der Waals surface area contributed by atoms with E-state index in [1.54, 1.807) is 6.08 Å². The molecule has 0 aromatic heterocycles. The quantitative estimate of drug-likeness (QED) is 0.0262. The Morgan fingerprint density at radius 2 is 0.967 bits per heavy atom. The largest absolute Gasteiger partial charge is 0.394 e. The molecule has 0 aromatic carbocycles. The van der Waals surface area contributed by atoms with Crippen LogP contribution in [0.4, 0.5) is 0 Å². The van der Waals surface area contributed by atoms with Crippen LogP contribution >= 0.6 is 0 Å². The average Bonchev–Trinajstić information content (AvgIpc) is 3.26. The van der Waals surface area contributed by atoms with Crippen LogP contribution in [0.3, 0.4) is 0 Å². The number of amides is 1. The second-order valence-corrected chi connectivity index (χ2v) is 17.6. The Hall–Kier alpha value is -1.85. The molecular formula is C52H95NO8. The Bertz CT molecular complexity index is 1090. The van der Waals surface area contributed by atoms with Gasteiger partial charge in [0.05, 0.1) is 25.4 Å². The summed E-state index contributed by atoms with van der Waals surface area (Å²) < 4.78 is 11.2. The molecular weight excluding hydrogens is 767 g/mol. The summed E-state index contributed by atoms with van der Waals surface area (Å²) >= 11 is 0. The summed E-state index contributed by atoms with van der Waals surface area (Å²) in [5, 5.41) is 54.1. The first-order chi connectivity index (χ1) is 29.8. The smallest absolute Gasteiger partial charge is 0.220 e. The Labute approximate surface area is 373 Å². The molecule has 9 nitrogen and oxygen atoms in total. The lowest BCUT2D eigenvalue weighted by Crippen LogP contribution is -2.60. The number of carbonyl (C=O) groups excluding carboxylic acids is 1. The maximum absolute atomic E-state index is 12.9. The lowest BCUT2D eigenvalue weighted by atomic mass is 9.99. The third kappa shape index (κ3) is 32.5. The van der Waals surface area contributed by atoms with Gasteiger partial charge in [-0.25, -0.2) is 0 Å². The van der Waals surface area contributed by atoms with Crippen LogP contribution in [-0.4, -0.2) is 87.5 Å². The van der Waals surface area contributed by atoms with Crippen molar-refractivity contribution in [2.24, 2.45) is 0 Å². The van der Waals surface area contributed by atoms with E-state index in [0.717, 1.165) is 51.4 Å². The van der Waals surface area contributed by atoms with Crippen molar-refractivity contribution < 1.29 is 39.8 Å². The summed E-state index contributed by atoms with van der Waals surface area (Å²) in [6, 6.07) is -0.803. The van der Waals surface area contributed by atoms with Gasteiger partial charge in [0.15, 0.2) is 6.29 Å². The second kappa shape index (κ2) is 42.1. The number of hydrogen-bond donors (Lipinski definition) is 6. The number of nitrogens with one attached hydrogen (secondary N) is 1. The van der Waals surface area contributed by atoms with Gasteiger partial charge in [0, 0.05) is 6.42 Å². The molecule has 1 aliphatic heterocycles. The molecule has 1 rings (SSSR count). The summed E-state index contributed by atoms with van der Waals surface area (Å²) in [6.45, 7) is 3.73. The minimum Gasteiger partial charge on any atom is -0.394 e. The third-order valence-corrected chi connectivity index (χ3v) is 11.9. The molecule has 0 aromatic rings. The molecule has 1 amide bonds. The fourth-order valence-corrected chi connectivity index (χ4v) is 7.81. The van der Waals surface area contributed by atoms with Crippen LogP contribution in [0.1, 0.15) is 219 Å². The molecule has 0 saturated carbocycles. The zero-order valence-corrected chi connectivity index (χ0v) is 39.2. The number of aliphatic hydroxyl groups is 5. The van der Waals surface area contributed by atoms with E-state index in [1.807, 2.05) is 6.08 Å². The van der Waals surface area contributed by atoms with Crippen molar-refractivity contribution in [2.45, 2.75) is 262 Å². The van der Waals surface area contributed by atoms with Crippen molar-refractivity contribution in [2.75, 3.05) is 13.2 Å². The van der Waals surface area contributed by atoms with E-state index in [4.69, 9.17) is 9.47 Å². The van der Waals surface area contributed by atoms with Gasteiger partial charge in [0.2, 0.25) is 5.91 Å². The van der Waals surface area contributed by atoms with Gasteiger partial charge in [-0.1, -0.05) is 204 Å². The van der Waals surface area contributed by atoms with Crippen molar-refractivity contribution in [3.63, 3.8) is 0 Å². The summed E-state index contributed by atoms with van der Waals surface area (Å²) in [7, 11) is 0. The zero-order valence-electron chi connectivity index (χ0n) is 39.2. The fourth-order valence-electron chi connectivity index (χ4n) is 7.81. The van der Waals surface area contributed by atoms with Crippen LogP contribution in [0.2, 0.25) is 0 Å². The summed E-state index contributed by atoms with van der Waals surface area (Å²) in [5.74, 6) is -0.181. The number of aliphatic hydroxyl groups excluding tert-OH is 5. The minimum atomic E-state index is -1.57. The standard InChI is InChI=1S/C52H95NO8/c1-3-5-7-9-11-13-14-15-16-17-18-19-20-21-22-23-24-25-26-27-28-29-30-31-32-34-36-38-40-42-48(56)53-45(46(55)41-39-37-35-33-12-10-8-6-4-2)44-60-52-51(59)50(58)49(57)47(43-54)61-52/h14-15,17-18,20-21,39,41,45-47,49-52,54-55,57-59H,3-13,16,19,22-38,40,42-44H2,1-2H3,(H,53,56)/b15-14-,18-17-,21-20-,41-39+. The molecule has 356 valence electrons. The van der Waals surface area contributed by atoms with Gasteiger partial charge in [-0.2, -0.15) is 0 Å². The number of unbranched alkanes of at least 4 members (excludes halogenated alkanes) is 26. The number of rotatable bonds is 42. The molecule has 7 atom stereocenters. The Balaban J connectivity index is 2.15. The van der Waals surface area contributed by atoms with E-state index < -0.39 is 49.5 Å². The number of ether oxygens (including phenoxy) is 2. The molecule has 9 heteroatoms. The molecule has 0 spiro atoms. The van der Waals surface area contributed by atoms with E-state index in [0.29, 0.717) is 6.42 Å². The Morgan fingerprint density at radius 3 is 1.43 bits per heavy atom. The molecule has 1 aliphatic rings. The summed E-state index contributed by atoms with van der Waals surface area (Å²) in [6.07, 6.45) is 47.5. The third-order valence-electron chi connectivity index (χ3n) is 11.9. The van der Waals surface area contributed by atoms with E-state index in [-0.39, 0.29) is 12.5 Å². The summed E-state index contributed by atoms with van der Waals surface area (Å²) in [5.41, 5.74) is 0. The van der Waals surface area contributed by atoms with Crippen molar-refractivity contribution in [3.8, 4) is 0 Å². The summed E-state index contributed by atoms with van der Waals surface area (Å²) in [4.78, 5) is 12.9. The van der Waals surface area contributed by atoms with Gasteiger partial charge in [-0.05, 0) is 57.8 Å². The van der Waals surface area contributed by atoms with Gasteiger partial charge < -0.3 is 40.3 Å². The van der Waals surface area contributed by atoms with Crippen LogP contribution in [0, 0.1) is 0 Å². The first-order valence-corrected chi connectivity index (χ1v) is 25.4. The molecule has 0 aliphatic carbocycles. The van der Waals surface area contributed by atoms with Gasteiger partial charge in [0.25, 0.3) is 0 Å². The Kier molecular flexibility index (Phi) is 39.5. The van der Waals surface area contributed by atoms with E-state index in [1.165, 1.54) is 148 Å². The highest BCUT2D eigenvalue weighted by Gasteiger charge is 2.44. The maximum atomic E-state index is 12.9. The van der Waals surface area contributed by atoms with Gasteiger partial charge in [-0.3, -0.25) is 4.79 Å². The van der Waals surface area contributed by atoms with Gasteiger partial charge >= 0.3 is 0 Å². The Morgan fingerprint density at radius 1 is 0.557 bits per heavy atom. The van der Waals surface area contributed by atoms with Crippen molar-refractivity contribution >= 4 is 5.91 Å². The normalized spacial score (nSPS) is 20.8. The first-order valence-electron chi connectivity index (χ1n) is 25.4. The van der Waals surface area contributed by atoms with Crippen LogP contribution in [0.5, 0.6) is 0 Å². The monoisotopic (exact) mass is 862 g/mol. The van der Waals surface area contributed by atoms with Crippen molar-refractivity contribution in [1.82, 2.24) is 5.32 Å². The predicted molar refractivity (Wildman–Crippen MR) is 253 cm³/mol. The van der Waals surface area contributed by atoms with Crippen LogP contribution in [0.25, 0.3) is 0 Å². The van der Waals surface area contributed by atoms with Crippen molar-refractivity contribution in [3.05, 3.63) is 48.6 Å². The van der Waals surface area contributed by atoms with Crippen LogP contribution < -0.4 is 5.32 Å². The number of hydrogen-bond acceptors (Lipinski definition) is 8. The predicted octanol–water partition coefficient (Wildman–Crippen LogP) is 11.4. The van der Waals surface area contributed by atoms with Crippen molar-refractivity contribution in [1.29, 1.82) is 0 Å². The van der Waals surface area contributed by atoms with E-state index in [9.17, 15) is 30.3 Å². The highest BCUT2D eigenvalue weighted by atomic mass is 16.7. The van der Waals surface area contributed by atoms with Gasteiger partial charge in [0.1, 0.15) is 24.4 Å². The first kappa shape index (κ1) is 57.2. The fraction of sp³-hybridized carbons (Fsp3) is 0.827. The molecule has 0 radical (unpaired) electrons. The van der Waals surface area contributed by atoms with E-state index in [2.05, 4.69) is 55.6 Å². The molecule has 1 fully saturated rings. The SMILES string of the molecule is CCCCCCC/C=C\C/C=C\C/C=C\CCCCCCCCCCCCCCCCC(=O)NC(COC1OC(CO)C(O)C(O)C1O)C(O)/C=C/CCCCCCCCC. The zero-order chi connectivity index (χ0) is 44.4. The lowest BCUT2D eigenvalue weighted by Gasteiger charge is -2.40. The molecule has 61 heavy (non-hydrogen) atoms. The highest BCUT2D eigenvalue weighted by molar-refractivity contribution is 5.76. The van der Waals surface area contributed by atoms with Crippen LogP contribution in [0.15, 0.2) is 48.6 Å². The average molecular weight is 862 g/mol. The molecule has 0 bridgehead atoms. The maximum Gasteiger partial charge on any atom is 0.220 e. The van der Waals surface area contributed by atoms with Crippen LogP contribution in [-0.2, 0) is 14.3 Å². The van der Waals surface area contributed by atoms with E-state index >= 15 is 0 Å². The second-order valence-electron chi connectivity index (χ2n) is 17.6.